The summed E-state index contributed by atoms with van der Waals surface area (Å²) < 4.78 is 0. The molecule has 2 heteroatoms. The van der Waals surface area contributed by atoms with Crippen LogP contribution in [0.1, 0.15) is 25.7 Å². The highest BCUT2D eigenvalue weighted by atomic mass is 16.1. The van der Waals surface area contributed by atoms with Crippen LogP contribution in [0.15, 0.2) is 12.7 Å². The van der Waals surface area contributed by atoms with Gasteiger partial charge in [0.05, 0.1) is 0 Å². The summed E-state index contributed by atoms with van der Waals surface area (Å²) in [4.78, 5) is 11.2. The van der Waals surface area contributed by atoms with Gasteiger partial charge in [-0.25, -0.2) is 0 Å². The summed E-state index contributed by atoms with van der Waals surface area (Å²) in [6.07, 6.45) is 5.85. The Balaban J connectivity index is 2.06. The van der Waals surface area contributed by atoms with Gasteiger partial charge in [-0.15, -0.1) is 6.58 Å². The van der Waals surface area contributed by atoms with Crippen LogP contribution in [0.3, 0.4) is 0 Å². The van der Waals surface area contributed by atoms with Crippen molar-refractivity contribution in [1.82, 2.24) is 5.32 Å². The minimum absolute atomic E-state index is 0.301. The fraction of sp³-hybridized carbons (Fsp3) is 0.700. The number of carbonyl (C=O) groups excluding carboxylic acids is 1. The van der Waals surface area contributed by atoms with Gasteiger partial charge in [-0.3, -0.25) is 4.79 Å². The SMILES string of the molecule is C=CCCNCC1CCCC1=O. The summed E-state index contributed by atoms with van der Waals surface area (Å²) in [7, 11) is 0. The van der Waals surface area contributed by atoms with Crippen LogP contribution in [0.5, 0.6) is 0 Å². The summed E-state index contributed by atoms with van der Waals surface area (Å²) >= 11 is 0. The Morgan fingerprint density at radius 3 is 3.08 bits per heavy atom. The predicted octanol–water partition coefficient (Wildman–Crippen LogP) is 1.52. The Morgan fingerprint density at radius 1 is 1.67 bits per heavy atom. The van der Waals surface area contributed by atoms with Gasteiger partial charge in [-0.05, 0) is 25.8 Å². The Hall–Kier alpha value is -0.630. The number of hydrogen-bond donors (Lipinski definition) is 1. The van der Waals surface area contributed by atoms with Crippen molar-refractivity contribution in [3.8, 4) is 0 Å². The maximum Gasteiger partial charge on any atom is 0.137 e. The van der Waals surface area contributed by atoms with E-state index in [4.69, 9.17) is 0 Å². The maximum absolute atomic E-state index is 11.2. The Bertz CT molecular complexity index is 165. The third-order valence-electron chi connectivity index (χ3n) is 2.35. The number of nitrogens with one attached hydrogen (secondary N) is 1. The molecule has 0 aromatic carbocycles. The molecule has 68 valence electrons. The lowest BCUT2D eigenvalue weighted by atomic mass is 10.1. The van der Waals surface area contributed by atoms with E-state index in [-0.39, 0.29) is 0 Å². The predicted molar refractivity (Wildman–Crippen MR) is 50.0 cm³/mol. The van der Waals surface area contributed by atoms with Crippen molar-refractivity contribution in [3.63, 3.8) is 0 Å². The molecule has 0 radical (unpaired) electrons. The maximum atomic E-state index is 11.2. The lowest BCUT2D eigenvalue weighted by Crippen LogP contribution is -2.25. The van der Waals surface area contributed by atoms with Crippen LogP contribution >= 0.6 is 0 Å². The van der Waals surface area contributed by atoms with Gasteiger partial charge in [0, 0.05) is 18.9 Å². The monoisotopic (exact) mass is 167 g/mol. The number of hydrogen-bond acceptors (Lipinski definition) is 2. The molecular formula is C10H17NO. The lowest BCUT2D eigenvalue weighted by molar-refractivity contribution is -0.120. The van der Waals surface area contributed by atoms with E-state index in [9.17, 15) is 4.79 Å². The summed E-state index contributed by atoms with van der Waals surface area (Å²) in [6, 6.07) is 0. The van der Waals surface area contributed by atoms with Crippen LogP contribution in [0.25, 0.3) is 0 Å². The molecule has 1 aliphatic rings. The van der Waals surface area contributed by atoms with Gasteiger partial charge in [-0.2, -0.15) is 0 Å². The number of carbonyl (C=O) groups is 1. The highest BCUT2D eigenvalue weighted by molar-refractivity contribution is 5.83. The highest BCUT2D eigenvalue weighted by Gasteiger charge is 2.23. The quantitative estimate of drug-likeness (QED) is 0.497. The standard InChI is InChI=1S/C10H17NO/c1-2-3-7-11-8-9-5-4-6-10(9)12/h2,9,11H,1,3-8H2. The normalized spacial score (nSPS) is 23.0. The minimum atomic E-state index is 0.301. The van der Waals surface area contributed by atoms with Crippen LogP contribution in [0, 0.1) is 5.92 Å². The Morgan fingerprint density at radius 2 is 2.50 bits per heavy atom. The first-order chi connectivity index (χ1) is 5.84. The molecule has 0 aromatic heterocycles. The smallest absolute Gasteiger partial charge is 0.137 e. The third kappa shape index (κ3) is 2.78. The van der Waals surface area contributed by atoms with Crippen LogP contribution < -0.4 is 5.32 Å². The lowest BCUT2D eigenvalue weighted by Gasteiger charge is -2.07. The molecule has 2 nitrogen and oxygen atoms in total. The first-order valence-electron chi connectivity index (χ1n) is 4.69. The number of Topliss-reactive ketones (excluding diaryl/α,β-unsaturated/α-hetero) is 1. The van der Waals surface area contributed by atoms with E-state index in [1.54, 1.807) is 0 Å². The second-order valence-corrected chi connectivity index (χ2v) is 3.34. The molecule has 0 heterocycles. The fourth-order valence-electron chi connectivity index (χ4n) is 1.58. The van der Waals surface area contributed by atoms with Gasteiger partial charge < -0.3 is 5.32 Å². The molecule has 1 aliphatic carbocycles. The van der Waals surface area contributed by atoms with Gasteiger partial charge in [-0.1, -0.05) is 6.08 Å². The molecule has 0 aromatic rings. The van der Waals surface area contributed by atoms with Crippen molar-refractivity contribution >= 4 is 5.78 Å². The fourth-order valence-corrected chi connectivity index (χ4v) is 1.58. The number of ketones is 1. The van der Waals surface area contributed by atoms with Crippen LogP contribution in [0.4, 0.5) is 0 Å². The van der Waals surface area contributed by atoms with E-state index in [0.29, 0.717) is 11.7 Å². The van der Waals surface area contributed by atoms with E-state index in [1.165, 1.54) is 0 Å². The van der Waals surface area contributed by atoms with E-state index < -0.39 is 0 Å². The van der Waals surface area contributed by atoms with Crippen molar-refractivity contribution in [2.24, 2.45) is 5.92 Å². The molecule has 1 unspecified atom stereocenters. The molecule has 0 spiro atoms. The zero-order chi connectivity index (χ0) is 8.81. The molecule has 1 saturated carbocycles. The zero-order valence-electron chi connectivity index (χ0n) is 7.51. The molecule has 1 fully saturated rings. The first-order valence-corrected chi connectivity index (χ1v) is 4.69. The Labute approximate surface area is 74.0 Å². The Kier molecular flexibility index (Phi) is 4.01. The average Bonchev–Trinajstić information content (AvgIpc) is 2.46. The van der Waals surface area contributed by atoms with E-state index in [0.717, 1.165) is 38.8 Å². The van der Waals surface area contributed by atoms with Gasteiger partial charge in [0.25, 0.3) is 0 Å². The van der Waals surface area contributed by atoms with Crippen LogP contribution in [-0.2, 0) is 4.79 Å². The van der Waals surface area contributed by atoms with E-state index in [1.807, 2.05) is 6.08 Å². The van der Waals surface area contributed by atoms with E-state index in [2.05, 4.69) is 11.9 Å². The summed E-state index contributed by atoms with van der Waals surface area (Å²) in [5, 5.41) is 3.27. The summed E-state index contributed by atoms with van der Waals surface area (Å²) in [5.41, 5.74) is 0. The molecule has 0 aliphatic heterocycles. The molecule has 12 heavy (non-hydrogen) atoms. The number of rotatable bonds is 5. The minimum Gasteiger partial charge on any atom is -0.316 e. The molecular weight excluding hydrogens is 150 g/mol. The molecule has 0 bridgehead atoms. The molecule has 0 amide bonds. The first kappa shape index (κ1) is 9.46. The van der Waals surface area contributed by atoms with E-state index >= 15 is 0 Å². The van der Waals surface area contributed by atoms with Crippen molar-refractivity contribution < 1.29 is 4.79 Å². The van der Waals surface area contributed by atoms with Crippen molar-refractivity contribution in [2.45, 2.75) is 25.7 Å². The largest absolute Gasteiger partial charge is 0.316 e. The van der Waals surface area contributed by atoms with Crippen molar-refractivity contribution in [3.05, 3.63) is 12.7 Å². The van der Waals surface area contributed by atoms with Gasteiger partial charge >= 0.3 is 0 Å². The van der Waals surface area contributed by atoms with Crippen LogP contribution in [0.2, 0.25) is 0 Å². The second-order valence-electron chi connectivity index (χ2n) is 3.34. The van der Waals surface area contributed by atoms with Gasteiger partial charge in [0.2, 0.25) is 0 Å². The third-order valence-corrected chi connectivity index (χ3v) is 2.35. The molecule has 1 N–H and O–H groups in total. The van der Waals surface area contributed by atoms with Gasteiger partial charge in [0.15, 0.2) is 0 Å². The van der Waals surface area contributed by atoms with Crippen LogP contribution in [-0.4, -0.2) is 18.9 Å². The second kappa shape index (κ2) is 5.09. The molecule has 1 atom stereocenters. The molecule has 0 saturated heterocycles. The van der Waals surface area contributed by atoms with Crippen molar-refractivity contribution in [2.75, 3.05) is 13.1 Å². The van der Waals surface area contributed by atoms with Gasteiger partial charge in [0.1, 0.15) is 5.78 Å². The molecule has 1 rings (SSSR count). The zero-order valence-corrected chi connectivity index (χ0v) is 7.51. The highest BCUT2D eigenvalue weighted by Crippen LogP contribution is 2.19. The van der Waals surface area contributed by atoms with Crippen molar-refractivity contribution in [1.29, 1.82) is 0 Å². The summed E-state index contributed by atoms with van der Waals surface area (Å²) in [5.74, 6) is 0.746. The average molecular weight is 167 g/mol. The topological polar surface area (TPSA) is 29.1 Å². The summed E-state index contributed by atoms with van der Waals surface area (Å²) in [6.45, 7) is 5.46.